The Morgan fingerprint density at radius 3 is 2.39 bits per heavy atom. The summed E-state index contributed by atoms with van der Waals surface area (Å²) in [5.41, 5.74) is 9.11. The second-order valence-corrected chi connectivity index (χ2v) is 27.1. The van der Waals surface area contributed by atoms with Crippen molar-refractivity contribution in [2.45, 2.75) is 140 Å². The molecule has 2 fully saturated rings. The number of aliphatic hydroxyl groups excluding tert-OH is 3. The van der Waals surface area contributed by atoms with Crippen molar-refractivity contribution in [1.29, 1.82) is 0 Å². The second-order valence-electron chi connectivity index (χ2n) is 27.1. The third-order valence-electron chi connectivity index (χ3n) is 21.2. The van der Waals surface area contributed by atoms with Gasteiger partial charge in [-0.15, -0.1) is 5.92 Å². The number of phenols is 3. The van der Waals surface area contributed by atoms with Crippen molar-refractivity contribution in [2.24, 2.45) is 53.3 Å². The van der Waals surface area contributed by atoms with E-state index < -0.39 is 47.6 Å². The molecule has 15 atom stereocenters. The summed E-state index contributed by atoms with van der Waals surface area (Å²) in [5.74, 6) is 13.3. The quantitative estimate of drug-likeness (QED) is 0.0576. The number of methoxy groups -OCH3 is 1. The number of allylic oxidation sites excluding steroid dienone is 2. The number of carbonyl (C=O) groups is 2. The van der Waals surface area contributed by atoms with E-state index in [1.165, 1.54) is 7.11 Å². The van der Waals surface area contributed by atoms with Gasteiger partial charge in [0, 0.05) is 86.0 Å². The van der Waals surface area contributed by atoms with Gasteiger partial charge in [-0.3, -0.25) is 9.59 Å². The van der Waals surface area contributed by atoms with Crippen molar-refractivity contribution in [3.63, 3.8) is 0 Å². The van der Waals surface area contributed by atoms with Crippen LogP contribution in [-0.4, -0.2) is 92.2 Å². The molecule has 0 saturated heterocycles. The van der Waals surface area contributed by atoms with Crippen LogP contribution in [0.15, 0.2) is 127 Å². The Balaban J connectivity index is 1.06. The number of ketones is 2. The molecule has 3 heterocycles. The number of dihydropyridines is 1. The van der Waals surface area contributed by atoms with Crippen LogP contribution in [0.1, 0.15) is 141 Å². The zero-order valence-electron chi connectivity index (χ0n) is 52.4. The Labute approximate surface area is 529 Å². The standard InChI is InChI=1S/C77H88N4O9/c1-5-10-63-55-32-54-31-49-20-23-65(67-40-72(86)73(90-4)36-50(67)21-24-70(84)77(89)76(88)68(49)35-55)64-15-7-6-14-62(64)53-27-44(2)66(29-46-11-8-13-59(82)28-46)48(30-53)12-9-16-61(54)51-25-26-79-74(37-51)81-57-22-19-47-17-18-52(75(87)69(47)38-57)34-60(83)43-78-41-45(3)56-33-58(80-42-56)39-71(63)85/h6-8,11,13-15,17-19,22,25,28,33,36-38,40,42,44-45,48-49,53-55,60-61,63,65-66,68,71,77-83,85-87,89H,5,10,16,21,24,26-27,29-32,34-35,39,41,43H2,1-4H3. The van der Waals surface area contributed by atoms with Crippen LogP contribution >= 0.6 is 0 Å². The highest BCUT2D eigenvalue weighted by Crippen LogP contribution is 2.51. The largest absolute Gasteiger partial charge is 0.508 e. The molecule has 13 heteroatoms. The molecule has 0 spiro atoms. The van der Waals surface area contributed by atoms with E-state index in [9.17, 15) is 35.4 Å². The Bertz CT molecular complexity index is 3820. The van der Waals surface area contributed by atoms with E-state index in [2.05, 4.69) is 108 Å². The third kappa shape index (κ3) is 13.5. The van der Waals surface area contributed by atoms with Gasteiger partial charge >= 0.3 is 0 Å². The molecule has 6 aromatic rings. The van der Waals surface area contributed by atoms with Crippen LogP contribution in [0.4, 0.5) is 5.69 Å². The number of aliphatic hydroxyl groups is 3. The molecule has 12 rings (SSSR count). The molecule has 13 bridgehead atoms. The topological polar surface area (TPSA) is 217 Å². The first-order chi connectivity index (χ1) is 43.6. The van der Waals surface area contributed by atoms with E-state index in [0.29, 0.717) is 69.1 Å². The molecule has 0 amide bonds. The van der Waals surface area contributed by atoms with Crippen LogP contribution in [-0.2, 0) is 35.3 Å². The number of fused-ring (bicyclic) bond motifs is 15. The van der Waals surface area contributed by atoms with Gasteiger partial charge in [0.05, 0.1) is 25.2 Å². The molecule has 0 radical (unpaired) electrons. The first kappa shape index (κ1) is 62.4. The summed E-state index contributed by atoms with van der Waals surface area (Å²) in [6, 6.07) is 31.5. The minimum absolute atomic E-state index is 0.0404. The van der Waals surface area contributed by atoms with Gasteiger partial charge in [-0.2, -0.15) is 0 Å². The van der Waals surface area contributed by atoms with Crippen LogP contribution < -0.4 is 20.7 Å². The number of aromatic nitrogens is 1. The summed E-state index contributed by atoms with van der Waals surface area (Å²) in [7, 11) is 1.50. The summed E-state index contributed by atoms with van der Waals surface area (Å²) in [4.78, 5) is 33.7. The highest BCUT2D eigenvalue weighted by Gasteiger charge is 2.46. The minimum Gasteiger partial charge on any atom is -0.508 e. The zero-order valence-corrected chi connectivity index (χ0v) is 52.4. The SMILES string of the molecule is CCCC1C(O)Cc2cc(c[nH]2)C(C)CNCC(O)Cc2ccc3ccc(cc3c2O)NC2=CC(=CCN2)C2CC#CC3CC(CC(C)C3Cc3cccc(O)c3)c3ccccc3C3C#CC4CC2CC1CC4C(=O)C(O)C(=O)CCc1cc(OC)c(O)cc13. The van der Waals surface area contributed by atoms with Crippen molar-refractivity contribution in [1.82, 2.24) is 15.6 Å². The number of rotatable bonds is 5. The van der Waals surface area contributed by atoms with Gasteiger partial charge in [-0.1, -0.05) is 106 Å². The lowest BCUT2D eigenvalue weighted by Crippen LogP contribution is -2.40. The smallest absolute Gasteiger partial charge is 0.173 e. The molecule has 5 aromatic carbocycles. The monoisotopic (exact) mass is 1210 g/mol. The number of aromatic hydroxyl groups is 3. The molecule has 2 aliphatic heterocycles. The highest BCUT2D eigenvalue weighted by atomic mass is 16.5. The predicted octanol–water partition coefficient (Wildman–Crippen LogP) is 11.6. The Morgan fingerprint density at radius 2 is 1.57 bits per heavy atom. The van der Waals surface area contributed by atoms with Gasteiger partial charge in [0.25, 0.3) is 0 Å². The van der Waals surface area contributed by atoms with E-state index in [1.54, 1.807) is 18.2 Å². The fraction of sp³-hybridized carbons (Fsp3) is 0.455. The number of hydrogen-bond acceptors (Lipinski definition) is 12. The maximum atomic E-state index is 15.6. The molecule has 470 valence electrons. The first-order valence-electron chi connectivity index (χ1n) is 33.0. The van der Waals surface area contributed by atoms with E-state index in [1.807, 2.05) is 54.7 Å². The van der Waals surface area contributed by atoms with Gasteiger partial charge in [0.15, 0.2) is 29.2 Å². The molecule has 4 aliphatic carbocycles. The number of H-pyrrole nitrogens is 1. The van der Waals surface area contributed by atoms with Gasteiger partial charge in [-0.25, -0.2) is 0 Å². The molecule has 2 saturated carbocycles. The predicted molar refractivity (Wildman–Crippen MR) is 352 cm³/mol. The zero-order chi connectivity index (χ0) is 62.7. The Kier molecular flexibility index (Phi) is 19.0. The number of hydrogen-bond donors (Lipinski definition) is 10. The summed E-state index contributed by atoms with van der Waals surface area (Å²) in [6.07, 6.45) is 9.28. The maximum Gasteiger partial charge on any atom is 0.173 e. The van der Waals surface area contributed by atoms with Crippen molar-refractivity contribution < 1.29 is 45.0 Å². The lowest BCUT2D eigenvalue weighted by Gasteiger charge is -2.40. The van der Waals surface area contributed by atoms with E-state index in [-0.39, 0.29) is 95.5 Å². The molecule has 1 aromatic heterocycles. The summed E-state index contributed by atoms with van der Waals surface area (Å²) >= 11 is 0. The number of phenolic OH excluding ortho intramolecular Hbond substituents is 3. The molecule has 15 unspecified atom stereocenters. The lowest BCUT2D eigenvalue weighted by atomic mass is 9.64. The van der Waals surface area contributed by atoms with Gasteiger partial charge in [0.2, 0.25) is 0 Å². The van der Waals surface area contributed by atoms with Crippen LogP contribution in [0.5, 0.6) is 23.0 Å². The van der Waals surface area contributed by atoms with Crippen LogP contribution in [0.3, 0.4) is 0 Å². The molecule has 6 aliphatic rings. The number of carbonyl (C=O) groups excluding carboxylic acids is 2. The molecule has 13 nitrogen and oxygen atoms in total. The number of anilines is 1. The number of nitrogens with one attached hydrogen (secondary N) is 4. The number of aromatic amines is 1. The van der Waals surface area contributed by atoms with Gasteiger partial charge in [-0.05, 0) is 197 Å². The Morgan fingerprint density at radius 1 is 0.733 bits per heavy atom. The van der Waals surface area contributed by atoms with E-state index >= 15 is 4.79 Å². The maximum absolute atomic E-state index is 15.6. The second kappa shape index (κ2) is 27.4. The molecular formula is C77H88N4O9. The number of ether oxygens (including phenoxy) is 1. The van der Waals surface area contributed by atoms with Crippen LogP contribution in [0, 0.1) is 76.9 Å². The summed E-state index contributed by atoms with van der Waals surface area (Å²) < 4.78 is 5.71. The van der Waals surface area contributed by atoms with Gasteiger partial charge in [0.1, 0.15) is 17.3 Å². The average molecular weight is 1210 g/mol. The normalized spacial score (nSPS) is 29.8. The van der Waals surface area contributed by atoms with Crippen LogP contribution in [0.2, 0.25) is 0 Å². The molecular weight excluding hydrogens is 1120 g/mol. The van der Waals surface area contributed by atoms with Crippen LogP contribution in [0.25, 0.3) is 10.8 Å². The average Bonchev–Trinajstić information content (AvgIpc) is 1.10. The number of aryl methyl sites for hydroxylation is 1. The lowest BCUT2D eigenvalue weighted by molar-refractivity contribution is -0.142. The van der Waals surface area contributed by atoms with Crippen molar-refractivity contribution >= 4 is 28.0 Å². The van der Waals surface area contributed by atoms with Crippen molar-refractivity contribution in [2.75, 3.05) is 32.1 Å². The number of Topliss-reactive ketones (excluding diaryl/α,β-unsaturated/α-hetero) is 2. The summed E-state index contributed by atoms with van der Waals surface area (Å²) in [5, 5.41) is 83.0. The number of β-amino-alcohol motifs (C(OH)–C–C–N with tert-alkyl or cyclic N) is 1. The van der Waals surface area contributed by atoms with Gasteiger partial charge < -0.3 is 56.3 Å². The minimum atomic E-state index is -1.90. The fourth-order valence-electron chi connectivity index (χ4n) is 16.4. The Hall–Kier alpha value is -7.78. The highest BCUT2D eigenvalue weighted by molar-refractivity contribution is 6.06. The van der Waals surface area contributed by atoms with Crippen molar-refractivity contribution in [3.8, 4) is 46.7 Å². The molecule has 10 N–H and O–H groups in total. The summed E-state index contributed by atoms with van der Waals surface area (Å²) in [6.45, 7) is 8.02. The van der Waals surface area contributed by atoms with E-state index in [4.69, 9.17) is 4.74 Å². The van der Waals surface area contributed by atoms with E-state index in [0.717, 1.165) is 87.2 Å². The number of benzene rings is 5. The third-order valence-corrected chi connectivity index (χ3v) is 21.2. The first-order valence-corrected chi connectivity index (χ1v) is 33.0. The van der Waals surface area contributed by atoms with Crippen molar-refractivity contribution in [3.05, 3.63) is 171 Å². The fourth-order valence-corrected chi connectivity index (χ4v) is 16.4. The molecule has 90 heavy (non-hydrogen) atoms.